The largest absolute Gasteiger partial charge is 0.356 e. The van der Waals surface area contributed by atoms with Crippen LogP contribution in [0.25, 0.3) is 10.2 Å². The molecule has 0 radical (unpaired) electrons. The maximum absolute atomic E-state index is 12.7. The maximum atomic E-state index is 12.7. The minimum atomic E-state index is -0.0853. The third-order valence-corrected chi connectivity index (χ3v) is 6.09. The summed E-state index contributed by atoms with van der Waals surface area (Å²) in [6.45, 7) is 4.45. The van der Waals surface area contributed by atoms with Gasteiger partial charge in [-0.25, -0.2) is 9.97 Å². The summed E-state index contributed by atoms with van der Waals surface area (Å²) in [6.07, 6.45) is 3.96. The topological polar surface area (TPSA) is 58.1 Å². The molecule has 0 bridgehead atoms. The van der Waals surface area contributed by atoms with Gasteiger partial charge in [0.15, 0.2) is 0 Å². The Labute approximate surface area is 161 Å². The second-order valence-corrected chi connectivity index (χ2v) is 7.88. The van der Waals surface area contributed by atoms with E-state index in [2.05, 4.69) is 20.2 Å². The standard InChI is InChI=1S/C19H19ClN4OS/c1-12-15-17(24-7-2-3-8-24)22-11-23-19(15)26-16(12)18(25)21-10-13-5-4-6-14(20)9-13/h4-6,9,11H,2-3,7-8,10H2,1H3,(H,21,25). The number of nitrogens with zero attached hydrogens (tertiary/aromatic N) is 3. The molecule has 1 aliphatic heterocycles. The predicted molar refractivity (Wildman–Crippen MR) is 106 cm³/mol. The fourth-order valence-corrected chi connectivity index (χ4v) is 4.62. The lowest BCUT2D eigenvalue weighted by atomic mass is 10.2. The van der Waals surface area contributed by atoms with Gasteiger partial charge >= 0.3 is 0 Å². The van der Waals surface area contributed by atoms with Crippen molar-refractivity contribution in [1.29, 1.82) is 0 Å². The highest BCUT2D eigenvalue weighted by atomic mass is 35.5. The zero-order chi connectivity index (χ0) is 18.1. The molecule has 4 rings (SSSR count). The van der Waals surface area contributed by atoms with Gasteiger partial charge in [-0.3, -0.25) is 4.79 Å². The number of anilines is 1. The molecule has 134 valence electrons. The molecule has 5 nitrogen and oxygen atoms in total. The maximum Gasteiger partial charge on any atom is 0.261 e. The smallest absolute Gasteiger partial charge is 0.261 e. The Hall–Kier alpha value is -2.18. The van der Waals surface area contributed by atoms with Crippen molar-refractivity contribution in [2.24, 2.45) is 0 Å². The molecular weight excluding hydrogens is 368 g/mol. The van der Waals surface area contributed by atoms with Gasteiger partial charge in [0.1, 0.15) is 17.0 Å². The monoisotopic (exact) mass is 386 g/mol. The van der Waals surface area contributed by atoms with Crippen molar-refractivity contribution in [3.8, 4) is 0 Å². The molecular formula is C19H19ClN4OS. The van der Waals surface area contributed by atoms with Gasteiger partial charge in [0.25, 0.3) is 5.91 Å². The second kappa shape index (κ2) is 7.21. The highest BCUT2D eigenvalue weighted by Crippen LogP contribution is 2.35. The third kappa shape index (κ3) is 3.27. The van der Waals surface area contributed by atoms with E-state index in [-0.39, 0.29) is 5.91 Å². The van der Waals surface area contributed by atoms with Crippen LogP contribution in [0.2, 0.25) is 5.02 Å². The Morgan fingerprint density at radius 3 is 2.88 bits per heavy atom. The number of nitrogens with one attached hydrogen (secondary N) is 1. The number of benzene rings is 1. The van der Waals surface area contributed by atoms with Crippen molar-refractivity contribution >= 4 is 44.9 Å². The van der Waals surface area contributed by atoms with Crippen LogP contribution >= 0.6 is 22.9 Å². The molecule has 3 aromatic rings. The first kappa shape index (κ1) is 17.2. The van der Waals surface area contributed by atoms with Gasteiger partial charge in [-0.15, -0.1) is 11.3 Å². The van der Waals surface area contributed by atoms with E-state index in [1.165, 1.54) is 24.2 Å². The first-order valence-electron chi connectivity index (χ1n) is 8.65. The van der Waals surface area contributed by atoms with Crippen LogP contribution in [-0.4, -0.2) is 29.0 Å². The highest BCUT2D eigenvalue weighted by Gasteiger charge is 2.23. The van der Waals surface area contributed by atoms with Gasteiger partial charge in [-0.1, -0.05) is 23.7 Å². The number of halogens is 1. The Morgan fingerprint density at radius 1 is 1.31 bits per heavy atom. The molecule has 1 fully saturated rings. The number of amides is 1. The Morgan fingerprint density at radius 2 is 2.12 bits per heavy atom. The highest BCUT2D eigenvalue weighted by molar-refractivity contribution is 7.20. The molecule has 0 aliphatic carbocycles. The second-order valence-electron chi connectivity index (χ2n) is 6.44. The van der Waals surface area contributed by atoms with E-state index in [0.717, 1.165) is 40.3 Å². The molecule has 1 N–H and O–H groups in total. The molecule has 0 atom stereocenters. The number of carbonyl (C=O) groups is 1. The molecule has 7 heteroatoms. The molecule has 1 saturated heterocycles. The summed E-state index contributed by atoms with van der Waals surface area (Å²) >= 11 is 7.43. The predicted octanol–water partition coefficient (Wildman–Crippen LogP) is 4.18. The van der Waals surface area contributed by atoms with Crippen molar-refractivity contribution < 1.29 is 4.79 Å². The van der Waals surface area contributed by atoms with Crippen LogP contribution in [0.4, 0.5) is 5.82 Å². The SMILES string of the molecule is Cc1c(C(=O)NCc2cccc(Cl)c2)sc2ncnc(N3CCCC3)c12. The number of aromatic nitrogens is 2. The number of hydrogen-bond acceptors (Lipinski definition) is 5. The Kier molecular flexibility index (Phi) is 4.78. The first-order chi connectivity index (χ1) is 12.6. The van der Waals surface area contributed by atoms with E-state index in [4.69, 9.17) is 11.6 Å². The lowest BCUT2D eigenvalue weighted by Crippen LogP contribution is -2.22. The summed E-state index contributed by atoms with van der Waals surface area (Å²) in [4.78, 5) is 25.5. The average Bonchev–Trinajstić information content (AvgIpc) is 3.28. The average molecular weight is 387 g/mol. The van der Waals surface area contributed by atoms with Gasteiger partial charge in [0.2, 0.25) is 0 Å². The molecule has 1 amide bonds. The fourth-order valence-electron chi connectivity index (χ4n) is 3.35. The Bertz CT molecular complexity index is 965. The molecule has 3 heterocycles. The van der Waals surface area contributed by atoms with Gasteiger partial charge < -0.3 is 10.2 Å². The number of aryl methyl sites for hydroxylation is 1. The van der Waals surface area contributed by atoms with Crippen LogP contribution in [0.15, 0.2) is 30.6 Å². The van der Waals surface area contributed by atoms with E-state index in [0.29, 0.717) is 16.4 Å². The zero-order valence-corrected chi connectivity index (χ0v) is 16.0. The van der Waals surface area contributed by atoms with Crippen molar-refractivity contribution in [3.63, 3.8) is 0 Å². The van der Waals surface area contributed by atoms with Crippen LogP contribution in [0.1, 0.15) is 33.6 Å². The quantitative estimate of drug-likeness (QED) is 0.730. The third-order valence-electron chi connectivity index (χ3n) is 4.66. The summed E-state index contributed by atoms with van der Waals surface area (Å²) in [7, 11) is 0. The minimum absolute atomic E-state index is 0.0853. The van der Waals surface area contributed by atoms with Gasteiger partial charge in [0, 0.05) is 24.7 Å². The fraction of sp³-hybridized carbons (Fsp3) is 0.316. The van der Waals surface area contributed by atoms with Crippen molar-refractivity contribution in [2.45, 2.75) is 26.3 Å². The van der Waals surface area contributed by atoms with Crippen LogP contribution in [0, 0.1) is 6.92 Å². The minimum Gasteiger partial charge on any atom is -0.356 e. The van der Waals surface area contributed by atoms with Crippen LogP contribution in [-0.2, 0) is 6.54 Å². The Balaban J connectivity index is 1.61. The molecule has 0 unspecified atom stereocenters. The number of rotatable bonds is 4. The van der Waals surface area contributed by atoms with Crippen molar-refractivity contribution in [3.05, 3.63) is 51.6 Å². The van der Waals surface area contributed by atoms with Crippen LogP contribution < -0.4 is 10.2 Å². The van der Waals surface area contributed by atoms with Crippen LogP contribution in [0.5, 0.6) is 0 Å². The molecule has 1 aromatic carbocycles. The molecule has 0 saturated carbocycles. The number of thiophene rings is 1. The summed E-state index contributed by atoms with van der Waals surface area (Å²) in [5, 5.41) is 4.66. The summed E-state index contributed by atoms with van der Waals surface area (Å²) in [5.74, 6) is 0.869. The summed E-state index contributed by atoms with van der Waals surface area (Å²) in [6, 6.07) is 7.51. The van der Waals surface area contributed by atoms with Crippen molar-refractivity contribution in [1.82, 2.24) is 15.3 Å². The van der Waals surface area contributed by atoms with E-state index < -0.39 is 0 Å². The molecule has 1 aliphatic rings. The van der Waals surface area contributed by atoms with E-state index in [9.17, 15) is 4.79 Å². The molecule has 26 heavy (non-hydrogen) atoms. The number of carbonyl (C=O) groups excluding carboxylic acids is 1. The molecule has 0 spiro atoms. The van der Waals surface area contributed by atoms with Gasteiger partial charge in [-0.2, -0.15) is 0 Å². The lowest BCUT2D eigenvalue weighted by Gasteiger charge is -2.17. The summed E-state index contributed by atoms with van der Waals surface area (Å²) < 4.78 is 0. The van der Waals surface area contributed by atoms with E-state index >= 15 is 0 Å². The summed E-state index contributed by atoms with van der Waals surface area (Å²) in [5.41, 5.74) is 1.93. The zero-order valence-electron chi connectivity index (χ0n) is 14.5. The van der Waals surface area contributed by atoms with E-state index in [1.807, 2.05) is 31.2 Å². The van der Waals surface area contributed by atoms with Crippen LogP contribution in [0.3, 0.4) is 0 Å². The first-order valence-corrected chi connectivity index (χ1v) is 9.84. The van der Waals surface area contributed by atoms with Gasteiger partial charge in [-0.05, 0) is 43.0 Å². The lowest BCUT2D eigenvalue weighted by molar-refractivity contribution is 0.0954. The van der Waals surface area contributed by atoms with Crippen molar-refractivity contribution in [2.75, 3.05) is 18.0 Å². The van der Waals surface area contributed by atoms with Gasteiger partial charge in [0.05, 0.1) is 10.3 Å². The number of fused-ring (bicyclic) bond motifs is 1. The number of hydrogen-bond donors (Lipinski definition) is 1. The molecule has 2 aromatic heterocycles. The van der Waals surface area contributed by atoms with E-state index in [1.54, 1.807) is 6.33 Å². The normalized spacial score (nSPS) is 14.2.